The zero-order valence-electron chi connectivity index (χ0n) is 10.2. The Morgan fingerprint density at radius 3 is 3.20 bits per heavy atom. The van der Waals surface area contributed by atoms with Crippen LogP contribution >= 0.6 is 0 Å². The number of para-hydroxylation sites is 1. The highest BCUT2D eigenvalue weighted by Crippen LogP contribution is 2.34. The van der Waals surface area contributed by atoms with Crippen LogP contribution in [0.25, 0.3) is 0 Å². The van der Waals surface area contributed by atoms with Gasteiger partial charge in [-0.25, -0.2) is 5.43 Å². The lowest BCUT2D eigenvalue weighted by Gasteiger charge is -1.99. The van der Waals surface area contributed by atoms with E-state index in [1.165, 1.54) is 6.21 Å². The van der Waals surface area contributed by atoms with Gasteiger partial charge in [-0.1, -0.05) is 6.07 Å². The molecule has 20 heavy (non-hydrogen) atoms. The van der Waals surface area contributed by atoms with Crippen LogP contribution in [-0.4, -0.2) is 34.1 Å². The number of ether oxygens (including phenoxy) is 2. The van der Waals surface area contributed by atoms with Crippen molar-refractivity contribution >= 4 is 18.1 Å². The Morgan fingerprint density at radius 1 is 1.50 bits per heavy atom. The molecule has 0 fully saturated rings. The molecule has 9 nitrogen and oxygen atoms in total. The molecule has 1 aliphatic heterocycles. The summed E-state index contributed by atoms with van der Waals surface area (Å²) in [7, 11) is 0. The highest BCUT2D eigenvalue weighted by Gasteiger charge is 2.16. The summed E-state index contributed by atoms with van der Waals surface area (Å²) >= 11 is 0. The molecule has 102 valence electrons. The van der Waals surface area contributed by atoms with Gasteiger partial charge in [-0.15, -0.1) is 5.10 Å². The van der Waals surface area contributed by atoms with Gasteiger partial charge in [0.25, 0.3) is 0 Å². The topological polar surface area (TPSA) is 128 Å². The Hall–Kier alpha value is -3.10. The minimum absolute atomic E-state index is 0.00874. The molecule has 9 heteroatoms. The number of hydrogen-bond donors (Lipinski definition) is 3. The minimum Gasteiger partial charge on any atom is -0.454 e. The van der Waals surface area contributed by atoms with E-state index in [2.05, 4.69) is 25.7 Å². The van der Waals surface area contributed by atoms with Crippen molar-refractivity contribution in [2.45, 2.75) is 0 Å². The minimum atomic E-state index is -0.546. The summed E-state index contributed by atoms with van der Waals surface area (Å²) in [6, 6.07) is 5.37. The summed E-state index contributed by atoms with van der Waals surface area (Å²) in [6.07, 6.45) is 1.45. The van der Waals surface area contributed by atoms with Crippen LogP contribution in [-0.2, 0) is 0 Å². The van der Waals surface area contributed by atoms with Gasteiger partial charge >= 0.3 is 5.91 Å². The number of carbonyl (C=O) groups excluding carboxylic acids is 1. The van der Waals surface area contributed by atoms with Crippen molar-refractivity contribution in [2.24, 2.45) is 5.10 Å². The number of aromatic nitrogens is 3. The number of hydrogen-bond acceptors (Lipinski definition) is 7. The molecule has 2 aromatic rings. The first-order chi connectivity index (χ1) is 9.74. The van der Waals surface area contributed by atoms with Gasteiger partial charge in [-0.2, -0.15) is 10.1 Å². The molecule has 0 saturated carbocycles. The van der Waals surface area contributed by atoms with E-state index in [4.69, 9.17) is 15.2 Å². The molecule has 3 rings (SSSR count). The fourth-order valence-corrected chi connectivity index (χ4v) is 1.64. The molecule has 1 aromatic carbocycles. The fourth-order valence-electron chi connectivity index (χ4n) is 1.64. The van der Waals surface area contributed by atoms with E-state index >= 15 is 0 Å². The number of carbonyl (C=O) groups is 1. The van der Waals surface area contributed by atoms with Crippen molar-refractivity contribution < 1.29 is 14.3 Å². The number of anilines is 1. The van der Waals surface area contributed by atoms with Crippen LogP contribution in [0.3, 0.4) is 0 Å². The molecule has 1 amide bonds. The molecular weight excluding hydrogens is 264 g/mol. The SMILES string of the molecule is Nc1n[nH]c(C(=O)N/N=C\c2cccc3c2OCO3)n1. The number of amides is 1. The van der Waals surface area contributed by atoms with Crippen molar-refractivity contribution in [1.82, 2.24) is 20.6 Å². The molecule has 0 saturated heterocycles. The quantitative estimate of drug-likeness (QED) is 0.529. The number of hydrazone groups is 1. The molecule has 0 bridgehead atoms. The van der Waals surface area contributed by atoms with Crippen LogP contribution in [0.4, 0.5) is 5.95 Å². The van der Waals surface area contributed by atoms with Crippen molar-refractivity contribution in [3.63, 3.8) is 0 Å². The van der Waals surface area contributed by atoms with E-state index in [-0.39, 0.29) is 18.6 Å². The Balaban J connectivity index is 1.69. The molecule has 0 spiro atoms. The second kappa shape index (κ2) is 4.88. The first-order valence-electron chi connectivity index (χ1n) is 5.64. The largest absolute Gasteiger partial charge is 0.454 e. The van der Waals surface area contributed by atoms with E-state index in [1.807, 2.05) is 0 Å². The first-order valence-corrected chi connectivity index (χ1v) is 5.64. The van der Waals surface area contributed by atoms with E-state index in [9.17, 15) is 4.79 Å². The van der Waals surface area contributed by atoms with E-state index in [0.717, 1.165) is 0 Å². The molecule has 0 atom stereocenters. The second-order valence-electron chi connectivity index (χ2n) is 3.82. The van der Waals surface area contributed by atoms with E-state index in [1.54, 1.807) is 18.2 Å². The number of nitrogen functional groups attached to an aromatic ring is 1. The number of rotatable bonds is 3. The molecule has 0 aliphatic carbocycles. The normalized spacial score (nSPS) is 12.8. The summed E-state index contributed by atoms with van der Waals surface area (Å²) in [5.74, 6) is 0.663. The van der Waals surface area contributed by atoms with Gasteiger partial charge in [0, 0.05) is 5.56 Å². The number of nitrogens with two attached hydrogens (primary N) is 1. The maximum Gasteiger partial charge on any atom is 0.308 e. The Kier molecular flexibility index (Phi) is 2.92. The van der Waals surface area contributed by atoms with E-state index < -0.39 is 5.91 Å². The third kappa shape index (κ3) is 2.23. The Morgan fingerprint density at radius 2 is 2.40 bits per heavy atom. The van der Waals surface area contributed by atoms with Gasteiger partial charge in [-0.3, -0.25) is 9.89 Å². The predicted octanol–water partition coefficient (Wildman–Crippen LogP) is -0.121. The Bertz CT molecular complexity index is 681. The third-order valence-electron chi connectivity index (χ3n) is 2.51. The lowest BCUT2D eigenvalue weighted by atomic mass is 10.2. The average Bonchev–Trinajstić information content (AvgIpc) is 3.07. The van der Waals surface area contributed by atoms with Crippen molar-refractivity contribution in [3.8, 4) is 11.5 Å². The Labute approximate surface area is 112 Å². The number of aromatic amines is 1. The van der Waals surface area contributed by atoms with E-state index in [0.29, 0.717) is 17.1 Å². The third-order valence-corrected chi connectivity index (χ3v) is 2.51. The van der Waals surface area contributed by atoms with Gasteiger partial charge in [-0.05, 0) is 12.1 Å². The smallest absolute Gasteiger partial charge is 0.308 e. The average molecular weight is 274 g/mol. The monoisotopic (exact) mass is 274 g/mol. The lowest BCUT2D eigenvalue weighted by Crippen LogP contribution is -2.19. The number of H-pyrrole nitrogens is 1. The van der Waals surface area contributed by atoms with Gasteiger partial charge in [0.05, 0.1) is 6.21 Å². The number of nitrogens with zero attached hydrogens (tertiary/aromatic N) is 3. The maximum atomic E-state index is 11.6. The second-order valence-corrected chi connectivity index (χ2v) is 3.82. The maximum absolute atomic E-state index is 11.6. The van der Waals surface area contributed by atoms with Crippen LogP contribution in [0.15, 0.2) is 23.3 Å². The highest BCUT2D eigenvalue weighted by atomic mass is 16.7. The van der Waals surface area contributed by atoms with Gasteiger partial charge < -0.3 is 15.2 Å². The predicted molar refractivity (Wildman–Crippen MR) is 68.4 cm³/mol. The van der Waals surface area contributed by atoms with Crippen LogP contribution in [0, 0.1) is 0 Å². The van der Waals surface area contributed by atoms with Crippen LogP contribution in [0.5, 0.6) is 11.5 Å². The molecule has 0 unspecified atom stereocenters. The summed E-state index contributed by atoms with van der Waals surface area (Å²) in [5, 5.41) is 9.74. The molecular formula is C11H10N6O3. The number of benzene rings is 1. The summed E-state index contributed by atoms with van der Waals surface area (Å²) in [4.78, 5) is 15.3. The first kappa shape index (κ1) is 12.0. The van der Waals surface area contributed by atoms with Gasteiger partial charge in [0.1, 0.15) is 0 Å². The number of fused-ring (bicyclic) bond motifs is 1. The van der Waals surface area contributed by atoms with Gasteiger partial charge in [0.2, 0.25) is 18.6 Å². The zero-order chi connectivity index (χ0) is 13.9. The number of nitrogens with one attached hydrogen (secondary N) is 2. The highest BCUT2D eigenvalue weighted by molar-refractivity contribution is 5.92. The summed E-state index contributed by atoms with van der Waals surface area (Å²) in [6.45, 7) is 0.171. The molecule has 0 radical (unpaired) electrons. The van der Waals surface area contributed by atoms with Crippen molar-refractivity contribution in [2.75, 3.05) is 12.5 Å². The molecule has 1 aromatic heterocycles. The standard InChI is InChI=1S/C11H10N6O3/c12-11-14-9(15-17-11)10(18)16-13-4-6-2-1-3-7-8(6)20-5-19-7/h1-4H,5H2,(H,16,18)(H3,12,14,15,17)/b13-4-. The molecule has 2 heterocycles. The van der Waals surface area contributed by atoms with Crippen molar-refractivity contribution in [3.05, 3.63) is 29.6 Å². The van der Waals surface area contributed by atoms with Crippen LogP contribution < -0.4 is 20.6 Å². The van der Waals surface area contributed by atoms with Crippen LogP contribution in [0.2, 0.25) is 0 Å². The fraction of sp³-hybridized carbons (Fsp3) is 0.0909. The zero-order valence-corrected chi connectivity index (χ0v) is 10.2. The molecule has 1 aliphatic rings. The summed E-state index contributed by atoms with van der Waals surface area (Å²) in [5.41, 5.74) is 8.28. The lowest BCUT2D eigenvalue weighted by molar-refractivity contribution is 0.0945. The van der Waals surface area contributed by atoms with Crippen molar-refractivity contribution in [1.29, 1.82) is 0 Å². The van der Waals surface area contributed by atoms with Gasteiger partial charge in [0.15, 0.2) is 11.5 Å². The van der Waals surface area contributed by atoms with Crippen LogP contribution in [0.1, 0.15) is 16.2 Å². The summed E-state index contributed by atoms with van der Waals surface area (Å²) < 4.78 is 10.5. The molecule has 4 N–H and O–H groups in total.